The van der Waals surface area contributed by atoms with Crippen LogP contribution in [0.4, 0.5) is 10.5 Å². The zero-order valence-corrected chi connectivity index (χ0v) is 13.5. The fourth-order valence-electron chi connectivity index (χ4n) is 2.79. The van der Waals surface area contributed by atoms with E-state index in [1.807, 2.05) is 0 Å². The smallest absolute Gasteiger partial charge is 0.409 e. The molecule has 1 aliphatic carbocycles. The molecule has 1 heterocycles. The fourth-order valence-corrected chi connectivity index (χ4v) is 4.69. The molecule has 1 amide bonds. The monoisotopic (exact) mass is 346 g/mol. The third-order valence-corrected chi connectivity index (χ3v) is 6.30. The summed E-state index contributed by atoms with van der Waals surface area (Å²) in [5.74, 6) is 0. The summed E-state index contributed by atoms with van der Waals surface area (Å²) in [7, 11) is -3.29. The van der Waals surface area contributed by atoms with Gasteiger partial charge in [-0.1, -0.05) is 0 Å². The van der Waals surface area contributed by atoms with E-state index in [0.717, 1.165) is 32.2 Å². The van der Waals surface area contributed by atoms with Gasteiger partial charge in [-0.3, -0.25) is 5.32 Å². The molecule has 1 aromatic rings. The van der Waals surface area contributed by atoms with E-state index in [2.05, 4.69) is 10.6 Å². The maximum Gasteiger partial charge on any atom is 0.409 e. The lowest BCUT2D eigenvalue weighted by molar-refractivity contribution is 0.209. The SMILES string of the molecule is Cl.O=C(O)Nc1ccc(S(=O)(=O)C2CC2)c(C2CCCN2)c1. The molecule has 22 heavy (non-hydrogen) atoms. The molecule has 8 heteroatoms. The highest BCUT2D eigenvalue weighted by atomic mass is 35.5. The van der Waals surface area contributed by atoms with Gasteiger partial charge in [-0.15, -0.1) is 12.4 Å². The standard InChI is InChI=1S/C14H18N2O4S.ClH/c17-14(18)16-9-3-6-13(21(19,20)10-4-5-10)11(8-9)12-2-1-7-15-12;/h3,6,8,10,12,15-16H,1-2,4-5,7H2,(H,17,18);1H. The summed E-state index contributed by atoms with van der Waals surface area (Å²) in [5.41, 5.74) is 1.09. The van der Waals surface area contributed by atoms with Gasteiger partial charge in [-0.25, -0.2) is 13.2 Å². The molecule has 0 bridgehead atoms. The number of nitrogens with one attached hydrogen (secondary N) is 2. The summed E-state index contributed by atoms with van der Waals surface area (Å²) in [6.45, 7) is 0.851. The average molecular weight is 347 g/mol. The first kappa shape index (κ1) is 17.1. The molecule has 1 aliphatic heterocycles. The zero-order chi connectivity index (χ0) is 15.0. The van der Waals surface area contributed by atoms with E-state index in [9.17, 15) is 13.2 Å². The van der Waals surface area contributed by atoms with Gasteiger partial charge in [0.1, 0.15) is 0 Å². The number of carbonyl (C=O) groups is 1. The summed E-state index contributed by atoms with van der Waals surface area (Å²) >= 11 is 0. The lowest BCUT2D eigenvalue weighted by Gasteiger charge is -2.17. The number of rotatable bonds is 4. The highest BCUT2D eigenvalue weighted by molar-refractivity contribution is 7.92. The van der Waals surface area contributed by atoms with Crippen LogP contribution in [-0.4, -0.2) is 31.4 Å². The highest BCUT2D eigenvalue weighted by Crippen LogP contribution is 2.38. The number of carboxylic acid groups (broad SMARTS) is 1. The van der Waals surface area contributed by atoms with E-state index in [-0.39, 0.29) is 23.7 Å². The van der Waals surface area contributed by atoms with Crippen LogP contribution >= 0.6 is 12.4 Å². The molecular weight excluding hydrogens is 328 g/mol. The summed E-state index contributed by atoms with van der Waals surface area (Å²) in [6, 6.07) is 4.67. The summed E-state index contributed by atoms with van der Waals surface area (Å²) in [6.07, 6.45) is 2.14. The number of hydrogen-bond acceptors (Lipinski definition) is 4. The summed E-state index contributed by atoms with van der Waals surface area (Å²) in [4.78, 5) is 11.1. The molecule has 122 valence electrons. The van der Waals surface area contributed by atoms with Crippen molar-refractivity contribution in [3.8, 4) is 0 Å². The van der Waals surface area contributed by atoms with E-state index in [4.69, 9.17) is 5.11 Å². The minimum atomic E-state index is -3.29. The van der Waals surface area contributed by atoms with Crippen molar-refractivity contribution in [1.82, 2.24) is 5.32 Å². The molecular formula is C14H19ClN2O4S. The molecule has 1 saturated carbocycles. The van der Waals surface area contributed by atoms with Crippen molar-refractivity contribution in [2.24, 2.45) is 0 Å². The molecule has 2 fully saturated rings. The Morgan fingerprint density at radius 1 is 1.27 bits per heavy atom. The molecule has 1 saturated heterocycles. The third-order valence-electron chi connectivity index (χ3n) is 3.97. The molecule has 3 N–H and O–H groups in total. The predicted molar refractivity (Wildman–Crippen MR) is 85.5 cm³/mol. The van der Waals surface area contributed by atoms with Gasteiger partial charge >= 0.3 is 6.09 Å². The van der Waals surface area contributed by atoms with E-state index in [1.165, 1.54) is 12.1 Å². The van der Waals surface area contributed by atoms with Gasteiger partial charge < -0.3 is 10.4 Å². The quantitative estimate of drug-likeness (QED) is 0.778. The van der Waals surface area contributed by atoms with Crippen molar-refractivity contribution in [1.29, 1.82) is 0 Å². The number of hydrogen-bond donors (Lipinski definition) is 3. The highest BCUT2D eigenvalue weighted by Gasteiger charge is 2.39. The van der Waals surface area contributed by atoms with Gasteiger partial charge in [0.15, 0.2) is 9.84 Å². The average Bonchev–Trinajstić information content (AvgIpc) is 3.15. The second-order valence-electron chi connectivity index (χ2n) is 5.58. The van der Waals surface area contributed by atoms with Crippen molar-refractivity contribution >= 4 is 34.0 Å². The molecule has 0 radical (unpaired) electrons. The van der Waals surface area contributed by atoms with Crippen molar-refractivity contribution in [3.63, 3.8) is 0 Å². The van der Waals surface area contributed by atoms with Gasteiger partial charge in [-0.2, -0.15) is 0 Å². The Balaban J connectivity index is 0.00000176. The number of halogens is 1. The zero-order valence-electron chi connectivity index (χ0n) is 11.9. The predicted octanol–water partition coefficient (Wildman–Crippen LogP) is 2.56. The summed E-state index contributed by atoms with van der Waals surface area (Å²) in [5, 5.41) is 14.1. The van der Waals surface area contributed by atoms with Crippen LogP contribution in [0.5, 0.6) is 0 Å². The summed E-state index contributed by atoms with van der Waals surface area (Å²) < 4.78 is 25.1. The van der Waals surface area contributed by atoms with Crippen molar-refractivity contribution in [3.05, 3.63) is 23.8 Å². The molecule has 0 aromatic heterocycles. The van der Waals surface area contributed by atoms with E-state index in [0.29, 0.717) is 16.1 Å². The van der Waals surface area contributed by atoms with Gasteiger partial charge in [0, 0.05) is 11.7 Å². The number of anilines is 1. The normalized spacial score (nSPS) is 21.2. The van der Waals surface area contributed by atoms with E-state index in [1.54, 1.807) is 6.07 Å². The largest absolute Gasteiger partial charge is 0.465 e. The lowest BCUT2D eigenvalue weighted by atomic mass is 10.0. The Kier molecular flexibility index (Phi) is 4.99. The van der Waals surface area contributed by atoms with Crippen LogP contribution in [-0.2, 0) is 9.84 Å². The van der Waals surface area contributed by atoms with Crippen LogP contribution in [0.25, 0.3) is 0 Å². The Hall–Kier alpha value is -1.31. The minimum absolute atomic E-state index is 0. The van der Waals surface area contributed by atoms with Crippen LogP contribution in [0.3, 0.4) is 0 Å². The van der Waals surface area contributed by atoms with Crippen LogP contribution in [0, 0.1) is 0 Å². The Bertz CT molecular complexity index is 667. The first-order valence-corrected chi connectivity index (χ1v) is 8.64. The first-order chi connectivity index (χ1) is 9.98. The first-order valence-electron chi connectivity index (χ1n) is 7.09. The maximum absolute atomic E-state index is 12.5. The molecule has 1 aromatic carbocycles. The molecule has 2 aliphatic rings. The molecule has 1 atom stereocenters. The van der Waals surface area contributed by atoms with Crippen LogP contribution < -0.4 is 10.6 Å². The van der Waals surface area contributed by atoms with Crippen molar-refractivity contribution < 1.29 is 18.3 Å². The topological polar surface area (TPSA) is 95.5 Å². The Morgan fingerprint density at radius 3 is 2.55 bits per heavy atom. The van der Waals surface area contributed by atoms with Crippen molar-refractivity contribution in [2.75, 3.05) is 11.9 Å². The molecule has 1 unspecified atom stereocenters. The van der Waals surface area contributed by atoms with Crippen LogP contribution in [0.1, 0.15) is 37.3 Å². The van der Waals surface area contributed by atoms with Crippen LogP contribution in [0.2, 0.25) is 0 Å². The third kappa shape index (κ3) is 3.37. The Morgan fingerprint density at radius 2 is 2.00 bits per heavy atom. The minimum Gasteiger partial charge on any atom is -0.465 e. The molecule has 0 spiro atoms. The van der Waals surface area contributed by atoms with Gasteiger partial charge in [-0.05, 0) is 56.0 Å². The Labute approximate surface area is 135 Å². The van der Waals surface area contributed by atoms with Crippen LogP contribution in [0.15, 0.2) is 23.1 Å². The van der Waals surface area contributed by atoms with Crippen molar-refractivity contribution in [2.45, 2.75) is 41.9 Å². The lowest BCUT2D eigenvalue weighted by Crippen LogP contribution is -2.19. The van der Waals surface area contributed by atoms with Gasteiger partial charge in [0.25, 0.3) is 0 Å². The van der Waals surface area contributed by atoms with E-state index >= 15 is 0 Å². The number of benzene rings is 1. The number of amides is 1. The fraction of sp³-hybridized carbons (Fsp3) is 0.500. The maximum atomic E-state index is 12.5. The number of sulfone groups is 1. The second-order valence-corrected chi connectivity index (χ2v) is 7.77. The van der Waals surface area contributed by atoms with E-state index < -0.39 is 15.9 Å². The molecule has 6 nitrogen and oxygen atoms in total. The van der Waals surface area contributed by atoms with Gasteiger partial charge in [0.2, 0.25) is 0 Å². The second kappa shape index (κ2) is 6.44. The van der Waals surface area contributed by atoms with Gasteiger partial charge in [0.05, 0.1) is 10.1 Å². The molecule has 3 rings (SSSR count).